The van der Waals surface area contributed by atoms with Crippen LogP contribution in [0.15, 0.2) is 54.6 Å². The van der Waals surface area contributed by atoms with Crippen LogP contribution in [0.4, 0.5) is 4.39 Å². The first kappa shape index (κ1) is 16.7. The SMILES string of the molecule is CC(NC(=O)CN(Cc1ccccc1F)C1CC1)c1ccccc1. The second kappa shape index (κ2) is 7.58. The Morgan fingerprint density at radius 2 is 1.83 bits per heavy atom. The Hall–Kier alpha value is -2.20. The van der Waals surface area contributed by atoms with Gasteiger partial charge in [-0.2, -0.15) is 0 Å². The third-order valence-electron chi connectivity index (χ3n) is 4.42. The number of carbonyl (C=O) groups excluding carboxylic acids is 1. The van der Waals surface area contributed by atoms with Crippen LogP contribution < -0.4 is 5.32 Å². The minimum atomic E-state index is -0.207. The van der Waals surface area contributed by atoms with E-state index in [-0.39, 0.29) is 17.8 Å². The normalized spacial score (nSPS) is 15.3. The van der Waals surface area contributed by atoms with E-state index in [2.05, 4.69) is 10.2 Å². The van der Waals surface area contributed by atoms with Crippen LogP contribution in [-0.4, -0.2) is 23.4 Å². The second-order valence-electron chi connectivity index (χ2n) is 6.43. The van der Waals surface area contributed by atoms with E-state index in [4.69, 9.17) is 0 Å². The summed E-state index contributed by atoms with van der Waals surface area (Å²) >= 11 is 0. The maximum Gasteiger partial charge on any atom is 0.234 e. The van der Waals surface area contributed by atoms with Gasteiger partial charge in [0.1, 0.15) is 5.82 Å². The smallest absolute Gasteiger partial charge is 0.234 e. The second-order valence-corrected chi connectivity index (χ2v) is 6.43. The first-order valence-corrected chi connectivity index (χ1v) is 8.45. The van der Waals surface area contributed by atoms with E-state index >= 15 is 0 Å². The zero-order chi connectivity index (χ0) is 16.9. The molecule has 126 valence electrons. The molecule has 0 aliphatic heterocycles. The highest BCUT2D eigenvalue weighted by Crippen LogP contribution is 2.28. The molecular weight excluding hydrogens is 303 g/mol. The number of amides is 1. The molecule has 1 fully saturated rings. The van der Waals surface area contributed by atoms with Crippen LogP contribution in [0.3, 0.4) is 0 Å². The van der Waals surface area contributed by atoms with Gasteiger partial charge in [-0.05, 0) is 31.4 Å². The molecule has 24 heavy (non-hydrogen) atoms. The summed E-state index contributed by atoms with van der Waals surface area (Å²) in [6, 6.07) is 17.0. The van der Waals surface area contributed by atoms with Crippen LogP contribution in [0.2, 0.25) is 0 Å². The Labute approximate surface area is 142 Å². The largest absolute Gasteiger partial charge is 0.348 e. The lowest BCUT2D eigenvalue weighted by Crippen LogP contribution is -2.39. The van der Waals surface area contributed by atoms with E-state index in [0.29, 0.717) is 24.7 Å². The molecule has 0 saturated heterocycles. The molecule has 4 heteroatoms. The van der Waals surface area contributed by atoms with Crippen molar-refractivity contribution >= 4 is 5.91 Å². The van der Waals surface area contributed by atoms with Crippen molar-refractivity contribution in [3.05, 3.63) is 71.5 Å². The Morgan fingerprint density at radius 3 is 2.50 bits per heavy atom. The van der Waals surface area contributed by atoms with Gasteiger partial charge in [-0.15, -0.1) is 0 Å². The molecule has 2 aromatic carbocycles. The Bertz CT molecular complexity index is 685. The monoisotopic (exact) mass is 326 g/mol. The topological polar surface area (TPSA) is 32.3 Å². The Balaban J connectivity index is 1.59. The number of carbonyl (C=O) groups is 1. The van der Waals surface area contributed by atoms with Gasteiger partial charge in [-0.3, -0.25) is 9.69 Å². The van der Waals surface area contributed by atoms with Crippen LogP contribution in [0.25, 0.3) is 0 Å². The molecule has 1 amide bonds. The fraction of sp³-hybridized carbons (Fsp3) is 0.350. The molecule has 1 unspecified atom stereocenters. The van der Waals surface area contributed by atoms with Crippen molar-refractivity contribution < 1.29 is 9.18 Å². The summed E-state index contributed by atoms with van der Waals surface area (Å²) in [6.07, 6.45) is 2.16. The molecule has 0 radical (unpaired) electrons. The van der Waals surface area contributed by atoms with Gasteiger partial charge in [-0.25, -0.2) is 4.39 Å². The van der Waals surface area contributed by atoms with E-state index < -0.39 is 0 Å². The van der Waals surface area contributed by atoms with Crippen LogP contribution in [-0.2, 0) is 11.3 Å². The summed E-state index contributed by atoms with van der Waals surface area (Å²) in [5, 5.41) is 3.04. The van der Waals surface area contributed by atoms with E-state index in [9.17, 15) is 9.18 Å². The summed E-state index contributed by atoms with van der Waals surface area (Å²) < 4.78 is 13.9. The van der Waals surface area contributed by atoms with Gasteiger partial charge in [-0.1, -0.05) is 48.5 Å². The number of hydrogen-bond acceptors (Lipinski definition) is 2. The average Bonchev–Trinajstić information content (AvgIpc) is 3.42. The molecule has 1 aliphatic rings. The van der Waals surface area contributed by atoms with Gasteiger partial charge in [0.05, 0.1) is 12.6 Å². The van der Waals surface area contributed by atoms with Gasteiger partial charge in [0.25, 0.3) is 0 Å². The predicted octanol–water partition coefficient (Wildman–Crippen LogP) is 3.67. The quantitative estimate of drug-likeness (QED) is 0.842. The summed E-state index contributed by atoms with van der Waals surface area (Å²) in [4.78, 5) is 14.5. The van der Waals surface area contributed by atoms with Crippen molar-refractivity contribution in [3.8, 4) is 0 Å². The van der Waals surface area contributed by atoms with Gasteiger partial charge >= 0.3 is 0 Å². The molecule has 0 bridgehead atoms. The van der Waals surface area contributed by atoms with Crippen molar-refractivity contribution in [1.29, 1.82) is 0 Å². The third kappa shape index (κ3) is 4.42. The minimum Gasteiger partial charge on any atom is -0.348 e. The van der Waals surface area contributed by atoms with E-state index in [1.807, 2.05) is 43.3 Å². The third-order valence-corrected chi connectivity index (χ3v) is 4.42. The van der Waals surface area contributed by atoms with Crippen LogP contribution >= 0.6 is 0 Å². The van der Waals surface area contributed by atoms with Gasteiger partial charge < -0.3 is 5.32 Å². The lowest BCUT2D eigenvalue weighted by atomic mass is 10.1. The van der Waals surface area contributed by atoms with E-state index in [1.165, 1.54) is 6.07 Å². The fourth-order valence-electron chi connectivity index (χ4n) is 2.90. The molecule has 1 atom stereocenters. The maximum absolute atomic E-state index is 13.9. The highest BCUT2D eigenvalue weighted by Gasteiger charge is 2.31. The number of hydrogen-bond donors (Lipinski definition) is 1. The van der Waals surface area contributed by atoms with Crippen LogP contribution in [0.5, 0.6) is 0 Å². The molecule has 1 N–H and O–H groups in total. The maximum atomic E-state index is 13.9. The predicted molar refractivity (Wildman–Crippen MR) is 92.8 cm³/mol. The van der Waals surface area contributed by atoms with Crippen molar-refractivity contribution in [2.45, 2.75) is 38.4 Å². The molecule has 2 aromatic rings. The fourth-order valence-corrected chi connectivity index (χ4v) is 2.90. The molecular formula is C20H23FN2O. The number of rotatable bonds is 7. The standard InChI is InChI=1S/C20H23FN2O/c1-15(16-7-3-2-4-8-16)22-20(24)14-23(18-11-12-18)13-17-9-5-6-10-19(17)21/h2-10,15,18H,11-14H2,1H3,(H,22,24). The van der Waals surface area contributed by atoms with Crippen molar-refractivity contribution in [1.82, 2.24) is 10.2 Å². The average molecular weight is 326 g/mol. The lowest BCUT2D eigenvalue weighted by molar-refractivity contribution is -0.123. The van der Waals surface area contributed by atoms with E-state index in [1.54, 1.807) is 12.1 Å². The summed E-state index contributed by atoms with van der Waals surface area (Å²) in [5.41, 5.74) is 1.73. The Kier molecular flexibility index (Phi) is 5.26. The van der Waals surface area contributed by atoms with Gasteiger partial charge in [0.2, 0.25) is 5.91 Å². The van der Waals surface area contributed by atoms with Crippen molar-refractivity contribution in [2.75, 3.05) is 6.54 Å². The molecule has 3 nitrogen and oxygen atoms in total. The van der Waals surface area contributed by atoms with Gasteiger partial charge in [0.15, 0.2) is 0 Å². The molecule has 0 spiro atoms. The zero-order valence-corrected chi connectivity index (χ0v) is 13.9. The number of nitrogens with one attached hydrogen (secondary N) is 1. The Morgan fingerprint density at radius 1 is 1.17 bits per heavy atom. The zero-order valence-electron chi connectivity index (χ0n) is 13.9. The summed E-state index contributed by atoms with van der Waals surface area (Å²) in [7, 11) is 0. The number of nitrogens with zero attached hydrogens (tertiary/aromatic N) is 1. The van der Waals surface area contributed by atoms with Crippen molar-refractivity contribution in [2.24, 2.45) is 0 Å². The highest BCUT2D eigenvalue weighted by molar-refractivity contribution is 5.78. The molecule has 3 rings (SSSR count). The number of benzene rings is 2. The summed E-state index contributed by atoms with van der Waals surface area (Å²) in [6.45, 7) is 2.76. The lowest BCUT2D eigenvalue weighted by Gasteiger charge is -2.23. The highest BCUT2D eigenvalue weighted by atomic mass is 19.1. The summed E-state index contributed by atoms with van der Waals surface area (Å²) in [5.74, 6) is -0.226. The first-order chi connectivity index (χ1) is 11.6. The molecule has 0 heterocycles. The molecule has 1 saturated carbocycles. The first-order valence-electron chi connectivity index (χ1n) is 8.45. The number of halogens is 1. The minimum absolute atomic E-state index is 0.0189. The van der Waals surface area contributed by atoms with Gasteiger partial charge in [0, 0.05) is 18.2 Å². The van der Waals surface area contributed by atoms with Crippen LogP contribution in [0.1, 0.15) is 36.9 Å². The van der Waals surface area contributed by atoms with E-state index in [0.717, 1.165) is 18.4 Å². The van der Waals surface area contributed by atoms with Crippen LogP contribution in [0, 0.1) is 5.82 Å². The molecule has 0 aromatic heterocycles. The van der Waals surface area contributed by atoms with Crippen molar-refractivity contribution in [3.63, 3.8) is 0 Å². The molecule has 1 aliphatic carbocycles.